The first-order chi connectivity index (χ1) is 13.9. The van der Waals surface area contributed by atoms with E-state index in [0.717, 1.165) is 31.2 Å². The van der Waals surface area contributed by atoms with Gasteiger partial charge in [-0.1, -0.05) is 49.2 Å². The van der Waals surface area contributed by atoms with Crippen molar-refractivity contribution >= 4 is 26.5 Å². The molecule has 1 aliphatic heterocycles. The topological polar surface area (TPSA) is 66.5 Å². The van der Waals surface area contributed by atoms with Gasteiger partial charge >= 0.3 is 0 Å². The zero-order valence-corrected chi connectivity index (χ0v) is 17.8. The summed E-state index contributed by atoms with van der Waals surface area (Å²) in [7, 11) is -3.01. The van der Waals surface area contributed by atoms with Crippen LogP contribution < -0.4 is 5.32 Å². The van der Waals surface area contributed by atoms with E-state index in [4.69, 9.17) is 0 Å². The van der Waals surface area contributed by atoms with E-state index in [1.165, 1.54) is 10.8 Å². The van der Waals surface area contributed by atoms with Crippen LogP contribution in [0.3, 0.4) is 0 Å². The number of sulfone groups is 1. The van der Waals surface area contributed by atoms with Crippen LogP contribution in [0, 0.1) is 0 Å². The van der Waals surface area contributed by atoms with Gasteiger partial charge in [0.15, 0.2) is 9.84 Å². The van der Waals surface area contributed by atoms with Crippen LogP contribution in [0.4, 0.5) is 0 Å². The molecular weight excluding hydrogens is 384 g/mol. The summed E-state index contributed by atoms with van der Waals surface area (Å²) in [6.45, 7) is 2.30. The van der Waals surface area contributed by atoms with E-state index >= 15 is 0 Å². The Bertz CT molecular complexity index is 983. The molecule has 4 rings (SSSR count). The molecule has 1 amide bonds. The molecule has 0 aromatic heterocycles. The molecule has 156 valence electrons. The summed E-state index contributed by atoms with van der Waals surface area (Å²) < 4.78 is 24.0. The van der Waals surface area contributed by atoms with Crippen molar-refractivity contribution in [1.82, 2.24) is 10.2 Å². The number of fused-ring (bicyclic) bond motifs is 1. The first-order valence-electron chi connectivity index (χ1n) is 10.7. The van der Waals surface area contributed by atoms with Crippen LogP contribution in [-0.2, 0) is 14.6 Å². The molecule has 1 saturated carbocycles. The van der Waals surface area contributed by atoms with E-state index in [9.17, 15) is 13.2 Å². The van der Waals surface area contributed by atoms with Gasteiger partial charge in [-0.3, -0.25) is 4.79 Å². The third kappa shape index (κ3) is 4.64. The normalized spacial score (nSPS) is 22.7. The Hall–Kier alpha value is -1.92. The van der Waals surface area contributed by atoms with Crippen LogP contribution in [-0.4, -0.2) is 49.4 Å². The SMILES string of the molecule is CC(NCC(=O)N(C1CCCC1)C1CCS(=O)(=O)C1)c1ccc2ccccc2c1. The maximum atomic E-state index is 13.1. The van der Waals surface area contributed by atoms with Crippen LogP contribution in [0.2, 0.25) is 0 Å². The lowest BCUT2D eigenvalue weighted by Gasteiger charge is -2.34. The maximum Gasteiger partial charge on any atom is 0.237 e. The van der Waals surface area contributed by atoms with Crippen molar-refractivity contribution in [3.63, 3.8) is 0 Å². The molecule has 2 fully saturated rings. The Morgan fingerprint density at radius 1 is 1.07 bits per heavy atom. The number of carbonyl (C=O) groups excluding carboxylic acids is 1. The third-order valence-corrected chi connectivity index (χ3v) is 8.19. The predicted molar refractivity (Wildman–Crippen MR) is 117 cm³/mol. The highest BCUT2D eigenvalue weighted by molar-refractivity contribution is 7.91. The Morgan fingerprint density at radius 2 is 1.79 bits per heavy atom. The number of hydrogen-bond donors (Lipinski definition) is 1. The van der Waals surface area contributed by atoms with Gasteiger partial charge in [0.1, 0.15) is 0 Å². The number of hydrogen-bond acceptors (Lipinski definition) is 4. The smallest absolute Gasteiger partial charge is 0.237 e. The van der Waals surface area contributed by atoms with Crippen molar-refractivity contribution in [1.29, 1.82) is 0 Å². The molecule has 1 saturated heterocycles. The second kappa shape index (κ2) is 8.44. The van der Waals surface area contributed by atoms with Gasteiger partial charge < -0.3 is 10.2 Å². The minimum atomic E-state index is -3.01. The largest absolute Gasteiger partial charge is 0.335 e. The third-order valence-electron chi connectivity index (χ3n) is 6.44. The molecule has 2 aromatic rings. The minimum absolute atomic E-state index is 0.0339. The molecule has 0 spiro atoms. The molecule has 5 nitrogen and oxygen atoms in total. The summed E-state index contributed by atoms with van der Waals surface area (Å²) in [6, 6.07) is 14.7. The lowest BCUT2D eigenvalue weighted by molar-refractivity contribution is -0.134. The quantitative estimate of drug-likeness (QED) is 0.786. The van der Waals surface area contributed by atoms with Crippen LogP contribution in [0.1, 0.15) is 50.6 Å². The summed E-state index contributed by atoms with van der Waals surface area (Å²) >= 11 is 0. The molecule has 1 heterocycles. The molecule has 0 bridgehead atoms. The van der Waals surface area contributed by atoms with Crippen molar-refractivity contribution < 1.29 is 13.2 Å². The van der Waals surface area contributed by atoms with Gasteiger partial charge in [0.2, 0.25) is 5.91 Å². The van der Waals surface area contributed by atoms with Crippen molar-refractivity contribution in [3.05, 3.63) is 48.0 Å². The van der Waals surface area contributed by atoms with Crippen molar-refractivity contribution in [2.45, 2.75) is 57.2 Å². The number of amides is 1. The molecule has 1 aliphatic carbocycles. The van der Waals surface area contributed by atoms with E-state index < -0.39 is 9.84 Å². The van der Waals surface area contributed by atoms with Gasteiger partial charge in [-0.15, -0.1) is 0 Å². The van der Waals surface area contributed by atoms with Gasteiger partial charge in [-0.05, 0) is 48.6 Å². The second-order valence-electron chi connectivity index (χ2n) is 8.51. The van der Waals surface area contributed by atoms with E-state index in [-0.39, 0.29) is 42.1 Å². The molecule has 2 aromatic carbocycles. The molecule has 29 heavy (non-hydrogen) atoms. The van der Waals surface area contributed by atoms with Gasteiger partial charge in [0.25, 0.3) is 0 Å². The van der Waals surface area contributed by atoms with E-state index in [2.05, 4.69) is 42.6 Å². The standard InChI is InChI=1S/C23H30N2O3S/c1-17(19-11-10-18-6-2-3-7-20(18)14-19)24-15-23(26)25(21-8-4-5-9-21)22-12-13-29(27,28)16-22/h2-3,6-7,10-11,14,17,21-22,24H,4-5,8-9,12-13,15-16H2,1H3. The molecule has 1 N–H and O–H groups in total. The summed E-state index contributed by atoms with van der Waals surface area (Å²) in [5.74, 6) is 0.358. The summed E-state index contributed by atoms with van der Waals surface area (Å²) in [5.41, 5.74) is 1.15. The first-order valence-corrected chi connectivity index (χ1v) is 12.5. The minimum Gasteiger partial charge on any atom is -0.335 e. The summed E-state index contributed by atoms with van der Waals surface area (Å²) in [5, 5.41) is 5.76. The monoisotopic (exact) mass is 414 g/mol. The van der Waals surface area contributed by atoms with Crippen LogP contribution >= 0.6 is 0 Å². The number of nitrogens with one attached hydrogen (secondary N) is 1. The van der Waals surface area contributed by atoms with Gasteiger partial charge in [0, 0.05) is 18.1 Å². The molecule has 2 aliphatic rings. The number of nitrogens with zero attached hydrogens (tertiary/aromatic N) is 1. The molecule has 2 unspecified atom stereocenters. The average molecular weight is 415 g/mol. The highest BCUT2D eigenvalue weighted by Crippen LogP contribution is 2.29. The average Bonchev–Trinajstić information content (AvgIpc) is 3.36. The number of rotatable bonds is 6. The molecule has 2 atom stereocenters. The zero-order valence-electron chi connectivity index (χ0n) is 17.0. The lowest BCUT2D eigenvalue weighted by Crippen LogP contribution is -2.50. The Kier molecular flexibility index (Phi) is 5.93. The highest BCUT2D eigenvalue weighted by Gasteiger charge is 2.38. The van der Waals surface area contributed by atoms with Crippen LogP contribution in [0.25, 0.3) is 10.8 Å². The van der Waals surface area contributed by atoms with Crippen LogP contribution in [0.5, 0.6) is 0 Å². The summed E-state index contributed by atoms with van der Waals surface area (Å²) in [4.78, 5) is 15.1. The van der Waals surface area contributed by atoms with Gasteiger partial charge in [-0.25, -0.2) is 8.42 Å². The molecular formula is C23H30N2O3S. The fourth-order valence-corrected chi connectivity index (χ4v) is 6.52. The first kappa shape index (κ1) is 20.4. The number of benzene rings is 2. The van der Waals surface area contributed by atoms with E-state index in [1.54, 1.807) is 0 Å². The molecule has 0 radical (unpaired) electrons. The Morgan fingerprint density at radius 3 is 2.48 bits per heavy atom. The highest BCUT2D eigenvalue weighted by atomic mass is 32.2. The fourth-order valence-electron chi connectivity index (χ4n) is 4.81. The van der Waals surface area contributed by atoms with E-state index in [0.29, 0.717) is 6.42 Å². The lowest BCUT2D eigenvalue weighted by atomic mass is 10.0. The van der Waals surface area contributed by atoms with Crippen molar-refractivity contribution in [2.75, 3.05) is 18.1 Å². The Balaban J connectivity index is 1.44. The van der Waals surface area contributed by atoms with Crippen LogP contribution in [0.15, 0.2) is 42.5 Å². The number of carbonyl (C=O) groups is 1. The predicted octanol–water partition coefficient (Wildman–Crippen LogP) is 3.45. The Labute approximate surface area is 173 Å². The van der Waals surface area contributed by atoms with Gasteiger partial charge in [-0.2, -0.15) is 0 Å². The molecule has 6 heteroatoms. The van der Waals surface area contributed by atoms with Crippen molar-refractivity contribution in [2.24, 2.45) is 0 Å². The second-order valence-corrected chi connectivity index (χ2v) is 10.7. The van der Waals surface area contributed by atoms with E-state index in [1.807, 2.05) is 17.0 Å². The van der Waals surface area contributed by atoms with Gasteiger partial charge in [0.05, 0.1) is 18.1 Å². The zero-order chi connectivity index (χ0) is 20.4. The van der Waals surface area contributed by atoms with Crippen molar-refractivity contribution in [3.8, 4) is 0 Å². The fraction of sp³-hybridized carbons (Fsp3) is 0.522. The summed E-state index contributed by atoms with van der Waals surface area (Å²) in [6.07, 6.45) is 4.79. The maximum absolute atomic E-state index is 13.1.